The summed E-state index contributed by atoms with van der Waals surface area (Å²) >= 11 is 3.13. The van der Waals surface area contributed by atoms with Crippen molar-refractivity contribution in [2.45, 2.75) is 26.2 Å². The standard InChI is InChI=1S/C15H20N2O2S2/c1-2-3-7-19-8-4-6-16-14(18)13-11-21-15(17-13)12-5-9-20-10-12/h5,9-11H,2-4,6-8H2,1H3,(H,16,18). The maximum atomic E-state index is 12.0. The molecule has 0 bridgehead atoms. The van der Waals surface area contributed by atoms with Crippen molar-refractivity contribution in [2.75, 3.05) is 19.8 Å². The number of carbonyl (C=O) groups excluding carboxylic acids is 1. The van der Waals surface area contributed by atoms with Crippen molar-refractivity contribution in [3.63, 3.8) is 0 Å². The van der Waals surface area contributed by atoms with Gasteiger partial charge in [0, 0.05) is 36.1 Å². The zero-order chi connectivity index (χ0) is 14.9. The van der Waals surface area contributed by atoms with Crippen LogP contribution in [0.5, 0.6) is 0 Å². The van der Waals surface area contributed by atoms with Crippen molar-refractivity contribution in [3.8, 4) is 10.6 Å². The Labute approximate surface area is 133 Å². The summed E-state index contributed by atoms with van der Waals surface area (Å²) in [6.45, 7) is 4.26. The molecule has 0 saturated heterocycles. The summed E-state index contributed by atoms with van der Waals surface area (Å²) in [5.41, 5.74) is 1.57. The maximum absolute atomic E-state index is 12.0. The normalized spacial score (nSPS) is 10.7. The van der Waals surface area contributed by atoms with E-state index in [0.717, 1.165) is 36.4 Å². The third-order valence-corrected chi connectivity index (χ3v) is 4.47. The van der Waals surface area contributed by atoms with Crippen molar-refractivity contribution in [1.82, 2.24) is 10.3 Å². The number of ether oxygens (including phenoxy) is 1. The van der Waals surface area contributed by atoms with Gasteiger partial charge in [0.15, 0.2) is 0 Å². The fourth-order valence-electron chi connectivity index (χ4n) is 1.71. The number of amides is 1. The van der Waals surface area contributed by atoms with Crippen LogP contribution < -0.4 is 5.32 Å². The zero-order valence-electron chi connectivity index (χ0n) is 12.1. The van der Waals surface area contributed by atoms with E-state index in [2.05, 4.69) is 17.2 Å². The number of hydrogen-bond donors (Lipinski definition) is 1. The van der Waals surface area contributed by atoms with E-state index in [-0.39, 0.29) is 5.91 Å². The van der Waals surface area contributed by atoms with Gasteiger partial charge in [-0.05, 0) is 24.3 Å². The Kier molecular flexibility index (Phi) is 6.85. The van der Waals surface area contributed by atoms with E-state index in [1.165, 1.54) is 11.3 Å². The van der Waals surface area contributed by atoms with Crippen LogP contribution in [0.3, 0.4) is 0 Å². The molecule has 1 N–H and O–H groups in total. The molecule has 0 aliphatic rings. The number of hydrogen-bond acceptors (Lipinski definition) is 5. The average molecular weight is 324 g/mol. The summed E-state index contributed by atoms with van der Waals surface area (Å²) < 4.78 is 5.45. The molecule has 0 aliphatic heterocycles. The summed E-state index contributed by atoms with van der Waals surface area (Å²) in [7, 11) is 0. The third kappa shape index (κ3) is 5.22. The Morgan fingerprint density at radius 1 is 1.33 bits per heavy atom. The molecular weight excluding hydrogens is 304 g/mol. The molecule has 6 heteroatoms. The second-order valence-corrected chi connectivity index (χ2v) is 6.26. The molecule has 2 aromatic heterocycles. The molecule has 114 valence electrons. The fourth-order valence-corrected chi connectivity index (χ4v) is 3.22. The van der Waals surface area contributed by atoms with Crippen LogP contribution in [-0.4, -0.2) is 30.6 Å². The number of nitrogens with zero attached hydrogens (tertiary/aromatic N) is 1. The molecule has 0 saturated carbocycles. The van der Waals surface area contributed by atoms with Crippen LogP contribution in [0.2, 0.25) is 0 Å². The van der Waals surface area contributed by atoms with Gasteiger partial charge in [0.05, 0.1) is 0 Å². The highest BCUT2D eigenvalue weighted by Crippen LogP contribution is 2.25. The minimum atomic E-state index is -0.110. The van der Waals surface area contributed by atoms with Gasteiger partial charge in [0.2, 0.25) is 0 Å². The minimum absolute atomic E-state index is 0.110. The molecule has 2 rings (SSSR count). The van der Waals surface area contributed by atoms with E-state index in [0.29, 0.717) is 18.8 Å². The number of thiazole rings is 1. The number of rotatable bonds is 9. The summed E-state index contributed by atoms with van der Waals surface area (Å²) in [4.78, 5) is 16.3. The largest absolute Gasteiger partial charge is 0.381 e. The Hall–Kier alpha value is -1.24. The Morgan fingerprint density at radius 2 is 2.19 bits per heavy atom. The van der Waals surface area contributed by atoms with Gasteiger partial charge in [0.1, 0.15) is 10.7 Å². The number of thiophene rings is 1. The SMILES string of the molecule is CCCCOCCCNC(=O)c1csc(-c2ccsc2)n1. The molecule has 0 atom stereocenters. The molecule has 0 fully saturated rings. The fraction of sp³-hybridized carbons (Fsp3) is 0.467. The second-order valence-electron chi connectivity index (χ2n) is 4.63. The Morgan fingerprint density at radius 3 is 2.95 bits per heavy atom. The van der Waals surface area contributed by atoms with Gasteiger partial charge in [-0.1, -0.05) is 13.3 Å². The molecule has 0 spiro atoms. The molecule has 0 aliphatic carbocycles. The number of aromatic nitrogens is 1. The molecule has 2 aromatic rings. The van der Waals surface area contributed by atoms with E-state index < -0.39 is 0 Å². The molecular formula is C15H20N2O2S2. The highest BCUT2D eigenvalue weighted by molar-refractivity contribution is 7.14. The van der Waals surface area contributed by atoms with Crippen LogP contribution in [0.4, 0.5) is 0 Å². The molecule has 0 unspecified atom stereocenters. The predicted molar refractivity (Wildman–Crippen MR) is 88.1 cm³/mol. The van der Waals surface area contributed by atoms with Crippen LogP contribution in [0.1, 0.15) is 36.7 Å². The van der Waals surface area contributed by atoms with Gasteiger partial charge in [-0.25, -0.2) is 4.98 Å². The van der Waals surface area contributed by atoms with Gasteiger partial charge < -0.3 is 10.1 Å². The van der Waals surface area contributed by atoms with Crippen LogP contribution in [0.15, 0.2) is 22.2 Å². The zero-order valence-corrected chi connectivity index (χ0v) is 13.8. The van der Waals surface area contributed by atoms with Crippen molar-refractivity contribution in [1.29, 1.82) is 0 Å². The molecule has 4 nitrogen and oxygen atoms in total. The van der Waals surface area contributed by atoms with Gasteiger partial charge in [-0.15, -0.1) is 11.3 Å². The van der Waals surface area contributed by atoms with Gasteiger partial charge in [-0.2, -0.15) is 11.3 Å². The topological polar surface area (TPSA) is 51.2 Å². The van der Waals surface area contributed by atoms with Crippen LogP contribution in [0.25, 0.3) is 10.6 Å². The molecule has 2 heterocycles. The van der Waals surface area contributed by atoms with Gasteiger partial charge in [0.25, 0.3) is 5.91 Å². The van der Waals surface area contributed by atoms with Crippen LogP contribution in [0, 0.1) is 0 Å². The van der Waals surface area contributed by atoms with Gasteiger partial charge in [-0.3, -0.25) is 4.79 Å². The first-order valence-corrected chi connectivity index (χ1v) is 8.97. The first-order chi connectivity index (χ1) is 10.3. The lowest BCUT2D eigenvalue weighted by Gasteiger charge is -2.04. The number of carbonyl (C=O) groups is 1. The average Bonchev–Trinajstić information content (AvgIpc) is 3.16. The van der Waals surface area contributed by atoms with Crippen molar-refractivity contribution < 1.29 is 9.53 Å². The lowest BCUT2D eigenvalue weighted by molar-refractivity contribution is 0.0936. The summed E-state index contributed by atoms with van der Waals surface area (Å²) in [6, 6.07) is 2.01. The van der Waals surface area contributed by atoms with E-state index in [9.17, 15) is 4.79 Å². The monoisotopic (exact) mass is 324 g/mol. The highest BCUT2D eigenvalue weighted by Gasteiger charge is 2.11. The Bertz CT molecular complexity index is 538. The van der Waals surface area contributed by atoms with Crippen molar-refractivity contribution in [3.05, 3.63) is 27.9 Å². The van der Waals surface area contributed by atoms with E-state index in [1.807, 2.05) is 16.8 Å². The lowest BCUT2D eigenvalue weighted by atomic mass is 10.3. The minimum Gasteiger partial charge on any atom is -0.381 e. The van der Waals surface area contributed by atoms with E-state index in [4.69, 9.17) is 4.74 Å². The van der Waals surface area contributed by atoms with Gasteiger partial charge >= 0.3 is 0 Å². The van der Waals surface area contributed by atoms with Crippen molar-refractivity contribution >= 4 is 28.6 Å². The summed E-state index contributed by atoms with van der Waals surface area (Å²) in [6.07, 6.45) is 3.07. The first-order valence-electron chi connectivity index (χ1n) is 7.15. The predicted octanol–water partition coefficient (Wildman–Crippen LogP) is 3.81. The number of unbranched alkanes of at least 4 members (excludes halogenated alkanes) is 1. The highest BCUT2D eigenvalue weighted by atomic mass is 32.1. The molecule has 21 heavy (non-hydrogen) atoms. The first kappa shape index (κ1) is 16.1. The quantitative estimate of drug-likeness (QED) is 0.714. The molecule has 0 radical (unpaired) electrons. The summed E-state index contributed by atoms with van der Waals surface area (Å²) in [5, 5.41) is 9.62. The number of nitrogens with one attached hydrogen (secondary N) is 1. The summed E-state index contributed by atoms with van der Waals surface area (Å²) in [5.74, 6) is -0.110. The van der Waals surface area contributed by atoms with Crippen molar-refractivity contribution in [2.24, 2.45) is 0 Å². The van der Waals surface area contributed by atoms with E-state index >= 15 is 0 Å². The Balaban J connectivity index is 1.69. The molecule has 1 amide bonds. The lowest BCUT2D eigenvalue weighted by Crippen LogP contribution is -2.25. The van der Waals surface area contributed by atoms with Crippen LogP contribution in [-0.2, 0) is 4.74 Å². The molecule has 0 aromatic carbocycles. The van der Waals surface area contributed by atoms with E-state index in [1.54, 1.807) is 16.7 Å². The maximum Gasteiger partial charge on any atom is 0.270 e. The third-order valence-electron chi connectivity index (χ3n) is 2.90. The smallest absolute Gasteiger partial charge is 0.270 e. The van der Waals surface area contributed by atoms with Crippen LogP contribution >= 0.6 is 22.7 Å². The second kappa shape index (κ2) is 8.92.